The standard InChI is InChI=1S/C45H58F2N6O5/c1-8-31-34(46)14-13-27-19-30(58-26-56-7)20-32(36(27)31)38-37(47)39-33(22-48-38)35(49-41(50-39)57-25-45-15-9-17-51(45)18-10-16-45)21-44(5,6)52-23-28-11-12-29(24-52)40(28)53(42(54)55)43(2,3)4/h13-14,19-20,22,28-29,40H,8-12,15-18,21,23-26H2,1-7H3,(H,54,55)/t28-,29+,40?. The van der Waals surface area contributed by atoms with Crippen LogP contribution in [-0.2, 0) is 17.6 Å². The van der Waals surface area contributed by atoms with Crippen LogP contribution in [0.3, 0.4) is 0 Å². The third kappa shape index (κ3) is 7.25. The summed E-state index contributed by atoms with van der Waals surface area (Å²) in [7, 11) is 1.53. The van der Waals surface area contributed by atoms with Crippen molar-refractivity contribution in [1.82, 2.24) is 29.7 Å². The molecule has 13 heteroatoms. The highest BCUT2D eigenvalue weighted by Crippen LogP contribution is 2.46. The second kappa shape index (κ2) is 15.4. The number of aryl methyl sites for hydroxylation is 1. The summed E-state index contributed by atoms with van der Waals surface area (Å²) < 4.78 is 50.3. The van der Waals surface area contributed by atoms with E-state index in [2.05, 4.69) is 23.6 Å². The van der Waals surface area contributed by atoms with E-state index in [1.54, 1.807) is 29.3 Å². The Labute approximate surface area is 340 Å². The quantitative estimate of drug-likeness (QED) is 0.140. The number of fused-ring (bicyclic) bond motifs is 5. The summed E-state index contributed by atoms with van der Waals surface area (Å²) in [6.07, 6.45) is 7.89. The van der Waals surface area contributed by atoms with Gasteiger partial charge in [-0.3, -0.25) is 19.7 Å². The fraction of sp³-hybridized carbons (Fsp3) is 0.600. The van der Waals surface area contributed by atoms with Gasteiger partial charge in [0.1, 0.15) is 29.4 Å². The van der Waals surface area contributed by atoms with Crippen LogP contribution in [0.2, 0.25) is 0 Å². The zero-order chi connectivity index (χ0) is 41.1. The fourth-order valence-corrected chi connectivity index (χ4v) is 10.9. The number of rotatable bonds is 12. The maximum absolute atomic E-state index is 17.5. The van der Waals surface area contributed by atoms with Crippen molar-refractivity contribution in [3.05, 3.63) is 53.4 Å². The van der Waals surface area contributed by atoms with Crippen LogP contribution in [0.1, 0.15) is 91.3 Å². The molecule has 3 atom stereocenters. The smallest absolute Gasteiger partial charge is 0.408 e. The first-order valence-electron chi connectivity index (χ1n) is 21.0. The molecule has 4 fully saturated rings. The van der Waals surface area contributed by atoms with E-state index in [4.69, 9.17) is 29.2 Å². The molecular weight excluding hydrogens is 743 g/mol. The highest BCUT2D eigenvalue weighted by Gasteiger charge is 2.51. The Morgan fingerprint density at radius 1 is 1.02 bits per heavy atom. The molecule has 0 radical (unpaired) electrons. The monoisotopic (exact) mass is 800 g/mol. The van der Waals surface area contributed by atoms with Crippen molar-refractivity contribution in [2.45, 2.75) is 116 Å². The number of piperidine rings is 1. The van der Waals surface area contributed by atoms with Crippen LogP contribution in [0.4, 0.5) is 13.6 Å². The van der Waals surface area contributed by atoms with E-state index in [0.717, 1.165) is 64.7 Å². The minimum Gasteiger partial charge on any atom is -0.468 e. The molecule has 4 aromatic rings. The normalized spacial score (nSPS) is 22.2. The van der Waals surface area contributed by atoms with Gasteiger partial charge in [-0.2, -0.15) is 9.97 Å². The zero-order valence-corrected chi connectivity index (χ0v) is 35.0. The van der Waals surface area contributed by atoms with E-state index in [0.29, 0.717) is 58.2 Å². The number of aromatic nitrogens is 3. The van der Waals surface area contributed by atoms with E-state index in [1.807, 2.05) is 27.7 Å². The molecule has 1 aliphatic carbocycles. The van der Waals surface area contributed by atoms with Gasteiger partial charge in [-0.15, -0.1) is 0 Å². The molecule has 2 aromatic carbocycles. The number of benzene rings is 2. The molecule has 5 heterocycles. The molecule has 3 aliphatic heterocycles. The molecule has 8 rings (SSSR count). The summed E-state index contributed by atoms with van der Waals surface area (Å²) >= 11 is 0. The Morgan fingerprint density at radius 3 is 2.36 bits per heavy atom. The van der Waals surface area contributed by atoms with Crippen molar-refractivity contribution in [3.8, 4) is 23.0 Å². The molecule has 4 aliphatic rings. The molecule has 0 spiro atoms. The van der Waals surface area contributed by atoms with Crippen LogP contribution in [-0.4, -0.2) is 110 Å². The number of amides is 1. The molecule has 1 amide bonds. The molecule has 1 saturated carbocycles. The highest BCUT2D eigenvalue weighted by molar-refractivity contribution is 6.01. The maximum Gasteiger partial charge on any atom is 0.408 e. The number of hydrogen-bond donors (Lipinski definition) is 1. The summed E-state index contributed by atoms with van der Waals surface area (Å²) in [5, 5.41) is 12.1. The van der Waals surface area contributed by atoms with Crippen LogP contribution < -0.4 is 9.47 Å². The number of nitrogens with zero attached hydrogens (tertiary/aromatic N) is 6. The van der Waals surface area contributed by atoms with E-state index in [1.165, 1.54) is 13.2 Å². The molecule has 11 nitrogen and oxygen atoms in total. The van der Waals surface area contributed by atoms with Gasteiger partial charge in [0.2, 0.25) is 0 Å². The van der Waals surface area contributed by atoms with Gasteiger partial charge in [-0.1, -0.05) is 13.0 Å². The van der Waals surface area contributed by atoms with Gasteiger partial charge >= 0.3 is 12.1 Å². The molecule has 1 unspecified atom stereocenters. The first-order chi connectivity index (χ1) is 27.6. The van der Waals surface area contributed by atoms with Gasteiger partial charge < -0.3 is 19.3 Å². The van der Waals surface area contributed by atoms with Crippen molar-refractivity contribution in [2.75, 3.05) is 46.7 Å². The summed E-state index contributed by atoms with van der Waals surface area (Å²) in [6.45, 7) is 16.2. The number of carbonyl (C=O) groups is 1. The minimum atomic E-state index is -0.868. The van der Waals surface area contributed by atoms with Gasteiger partial charge in [0, 0.05) is 60.9 Å². The number of likely N-dealkylation sites (tertiary alicyclic amines) is 1. The largest absolute Gasteiger partial charge is 0.468 e. The van der Waals surface area contributed by atoms with Gasteiger partial charge in [-0.25, -0.2) is 13.6 Å². The summed E-state index contributed by atoms with van der Waals surface area (Å²) in [6, 6.07) is 6.68. The molecule has 2 aromatic heterocycles. The van der Waals surface area contributed by atoms with Crippen LogP contribution in [0.25, 0.3) is 32.9 Å². The number of hydrogen-bond acceptors (Lipinski definition) is 9. The lowest BCUT2D eigenvalue weighted by molar-refractivity contribution is -0.0222. The predicted molar refractivity (Wildman–Crippen MR) is 219 cm³/mol. The first kappa shape index (κ1) is 40.6. The van der Waals surface area contributed by atoms with Crippen LogP contribution in [0.15, 0.2) is 30.5 Å². The Kier molecular flexibility index (Phi) is 10.8. The number of methoxy groups -OCH3 is 1. The molecule has 3 saturated heterocycles. The van der Waals surface area contributed by atoms with Crippen molar-refractivity contribution >= 4 is 27.8 Å². The SMILES string of the molecule is CCc1c(F)ccc2cc(OCOC)cc(-c3ncc4c(CC(C)(C)N5C[C@H]6CC[C@@H](C5)C6N(C(=O)O)C(C)(C)C)nc(OCC56CCCN5CCC6)nc4c3F)c12. The Balaban J connectivity index is 1.20. The minimum absolute atomic E-state index is 0.0139. The molecule has 312 valence electrons. The second-order valence-electron chi connectivity index (χ2n) is 18.6. The fourth-order valence-electron chi connectivity index (χ4n) is 10.9. The number of halogens is 2. The Bertz CT molecular complexity index is 2190. The summed E-state index contributed by atoms with van der Waals surface area (Å²) in [4.78, 5) is 33.8. The maximum atomic E-state index is 17.5. The summed E-state index contributed by atoms with van der Waals surface area (Å²) in [5.74, 6) is -0.169. The van der Waals surface area contributed by atoms with E-state index in [9.17, 15) is 9.90 Å². The van der Waals surface area contributed by atoms with Crippen molar-refractivity contribution in [3.63, 3.8) is 0 Å². The van der Waals surface area contributed by atoms with Gasteiger partial charge in [0.15, 0.2) is 12.6 Å². The number of carboxylic acid groups (broad SMARTS) is 1. The van der Waals surface area contributed by atoms with Crippen molar-refractivity contribution in [1.29, 1.82) is 0 Å². The number of ether oxygens (including phenoxy) is 3. The zero-order valence-electron chi connectivity index (χ0n) is 35.0. The Morgan fingerprint density at radius 2 is 1.72 bits per heavy atom. The molecule has 1 N–H and O–H groups in total. The average molecular weight is 801 g/mol. The van der Waals surface area contributed by atoms with Crippen molar-refractivity contribution < 1.29 is 32.9 Å². The van der Waals surface area contributed by atoms with Crippen LogP contribution >= 0.6 is 0 Å². The lowest BCUT2D eigenvalue weighted by atomic mass is 9.84. The third-order valence-corrected chi connectivity index (χ3v) is 13.6. The van der Waals surface area contributed by atoms with E-state index < -0.39 is 23.0 Å². The first-order valence-corrected chi connectivity index (χ1v) is 21.0. The highest BCUT2D eigenvalue weighted by atomic mass is 19.1. The van der Waals surface area contributed by atoms with Gasteiger partial charge in [-0.05, 0) is 139 Å². The van der Waals surface area contributed by atoms with Crippen LogP contribution in [0, 0.1) is 23.5 Å². The van der Waals surface area contributed by atoms with Crippen LogP contribution in [0.5, 0.6) is 11.8 Å². The van der Waals surface area contributed by atoms with E-state index in [-0.39, 0.29) is 53.2 Å². The van der Waals surface area contributed by atoms with Crippen molar-refractivity contribution in [2.24, 2.45) is 11.8 Å². The molecule has 2 bridgehead atoms. The Hall–Kier alpha value is -4.20. The lowest BCUT2D eigenvalue weighted by Gasteiger charge is -2.51. The van der Waals surface area contributed by atoms with Gasteiger partial charge in [0.25, 0.3) is 0 Å². The molecular formula is C45H58F2N6O5. The van der Waals surface area contributed by atoms with Gasteiger partial charge in [0.05, 0.1) is 11.2 Å². The third-order valence-electron chi connectivity index (χ3n) is 13.6. The molecule has 58 heavy (non-hydrogen) atoms. The number of pyridine rings is 1. The lowest BCUT2D eigenvalue weighted by Crippen LogP contribution is -2.62. The summed E-state index contributed by atoms with van der Waals surface area (Å²) in [5.41, 5.74) is 0.621. The van der Waals surface area contributed by atoms with E-state index >= 15 is 8.78 Å². The predicted octanol–water partition coefficient (Wildman–Crippen LogP) is 8.49. The topological polar surface area (TPSA) is 113 Å². The second-order valence-corrected chi connectivity index (χ2v) is 18.6. The average Bonchev–Trinajstić information content (AvgIpc) is 3.82.